The molecule has 0 saturated carbocycles. The van der Waals surface area contributed by atoms with Gasteiger partial charge in [0.2, 0.25) is 0 Å². The zero-order valence-electron chi connectivity index (χ0n) is 21.3. The number of amides is 1. The molecule has 9 nitrogen and oxygen atoms in total. The molecular weight excluding hydrogens is 490 g/mol. The Bertz CT molecular complexity index is 1250. The molecular formula is C27H31N5O4S. The van der Waals surface area contributed by atoms with E-state index in [0.717, 1.165) is 16.8 Å². The second-order valence-corrected chi connectivity index (χ2v) is 9.19. The van der Waals surface area contributed by atoms with E-state index in [0.29, 0.717) is 24.5 Å². The molecule has 10 heteroatoms. The van der Waals surface area contributed by atoms with Crippen molar-refractivity contribution in [3.63, 3.8) is 0 Å². The molecule has 0 bridgehead atoms. The quantitative estimate of drug-likeness (QED) is 0.198. The number of ether oxygens (including phenoxy) is 1. The molecule has 3 rings (SSSR count). The van der Waals surface area contributed by atoms with Gasteiger partial charge in [0, 0.05) is 12.2 Å². The number of likely N-dealkylation sites (N-methyl/N-ethyl adjacent to an activating group) is 1. The van der Waals surface area contributed by atoms with Gasteiger partial charge >= 0.3 is 0 Å². The highest BCUT2D eigenvalue weighted by molar-refractivity contribution is 7.80. The first kappa shape index (κ1) is 27.6. The lowest BCUT2D eigenvalue weighted by Gasteiger charge is -2.22. The number of carbonyl (C=O) groups is 1. The van der Waals surface area contributed by atoms with Gasteiger partial charge in [-0.15, -0.1) is 0 Å². The van der Waals surface area contributed by atoms with E-state index in [1.165, 1.54) is 12.1 Å². The van der Waals surface area contributed by atoms with Crippen molar-refractivity contribution < 1.29 is 14.5 Å². The molecule has 0 aliphatic carbocycles. The molecule has 0 saturated heterocycles. The second-order valence-electron chi connectivity index (χ2n) is 8.79. The normalized spacial score (nSPS) is 11.5. The number of rotatable bonds is 10. The molecule has 0 fully saturated rings. The molecule has 0 heterocycles. The Kier molecular flexibility index (Phi) is 9.53. The van der Waals surface area contributed by atoms with Gasteiger partial charge in [-0.1, -0.05) is 48.5 Å². The van der Waals surface area contributed by atoms with Crippen LogP contribution in [0.4, 0.5) is 17.1 Å². The number of nitro benzene ring substituents is 1. The smallest absolute Gasteiger partial charge is 0.296 e. The van der Waals surface area contributed by atoms with Gasteiger partial charge in [-0.2, -0.15) is 0 Å². The molecule has 3 aromatic rings. The van der Waals surface area contributed by atoms with Crippen LogP contribution in [0.2, 0.25) is 0 Å². The van der Waals surface area contributed by atoms with Gasteiger partial charge in [-0.25, -0.2) is 0 Å². The van der Waals surface area contributed by atoms with Crippen LogP contribution in [0.3, 0.4) is 0 Å². The van der Waals surface area contributed by atoms with Crippen molar-refractivity contribution in [2.75, 3.05) is 37.9 Å². The summed E-state index contributed by atoms with van der Waals surface area (Å²) in [7, 11) is 3.83. The Morgan fingerprint density at radius 1 is 1.03 bits per heavy atom. The van der Waals surface area contributed by atoms with E-state index in [1.807, 2.05) is 81.4 Å². The number of hydrogen-bond donors (Lipinski definition) is 3. The van der Waals surface area contributed by atoms with Crippen molar-refractivity contribution in [2.24, 2.45) is 0 Å². The van der Waals surface area contributed by atoms with Gasteiger partial charge in [-0.3, -0.25) is 14.9 Å². The zero-order valence-corrected chi connectivity index (χ0v) is 22.1. The van der Waals surface area contributed by atoms with E-state index >= 15 is 0 Å². The van der Waals surface area contributed by atoms with Crippen molar-refractivity contribution in [3.8, 4) is 5.75 Å². The molecule has 1 atom stereocenters. The van der Waals surface area contributed by atoms with Crippen LogP contribution in [0.1, 0.15) is 22.7 Å². The fourth-order valence-electron chi connectivity index (χ4n) is 3.65. The Morgan fingerprint density at radius 3 is 2.32 bits per heavy atom. The molecule has 0 aliphatic heterocycles. The van der Waals surface area contributed by atoms with E-state index in [1.54, 1.807) is 6.07 Å². The van der Waals surface area contributed by atoms with Crippen LogP contribution in [0.25, 0.3) is 0 Å². The van der Waals surface area contributed by atoms with Crippen LogP contribution in [-0.2, 0) is 4.79 Å². The van der Waals surface area contributed by atoms with Crippen molar-refractivity contribution in [1.29, 1.82) is 0 Å². The third kappa shape index (κ3) is 7.73. The minimum atomic E-state index is -0.840. The first-order valence-electron chi connectivity index (χ1n) is 11.7. The van der Waals surface area contributed by atoms with Gasteiger partial charge in [0.1, 0.15) is 24.1 Å². The number of anilines is 2. The Labute approximate surface area is 222 Å². The summed E-state index contributed by atoms with van der Waals surface area (Å²) in [6.45, 7) is 4.91. The topological polar surface area (TPSA) is 109 Å². The first-order chi connectivity index (χ1) is 17.7. The van der Waals surface area contributed by atoms with Crippen LogP contribution in [0, 0.1) is 24.0 Å². The van der Waals surface area contributed by atoms with E-state index in [2.05, 4.69) is 16.0 Å². The zero-order chi connectivity index (χ0) is 26.9. The summed E-state index contributed by atoms with van der Waals surface area (Å²) >= 11 is 5.46. The Hall–Kier alpha value is -4.02. The van der Waals surface area contributed by atoms with Gasteiger partial charge in [-0.05, 0) is 69.0 Å². The molecule has 0 radical (unpaired) electrons. The lowest BCUT2D eigenvalue weighted by Crippen LogP contribution is -2.39. The van der Waals surface area contributed by atoms with Crippen molar-refractivity contribution in [1.82, 2.24) is 10.2 Å². The molecule has 3 N–H and O–H groups in total. The third-order valence-corrected chi connectivity index (χ3v) is 5.84. The van der Waals surface area contributed by atoms with E-state index < -0.39 is 11.0 Å². The number of nitrogens with one attached hydrogen (secondary N) is 3. The standard InChI is InChI=1S/C27H31N5O4S/c1-18-9-8-10-19(2)24(18)29-26(33)25(20-11-6-5-7-12-20)30-27(37)28-22-14-13-21(17-23(22)32(34)35)36-16-15-31(3)4/h5-14,17,25H,15-16H2,1-4H3,(H,29,33)(H2,28,30,37). The number of benzene rings is 3. The lowest BCUT2D eigenvalue weighted by molar-refractivity contribution is -0.384. The summed E-state index contributed by atoms with van der Waals surface area (Å²) in [6, 6.07) is 18.6. The van der Waals surface area contributed by atoms with Gasteiger partial charge in [0.15, 0.2) is 5.11 Å². The van der Waals surface area contributed by atoms with Crippen LogP contribution >= 0.6 is 12.2 Å². The molecule has 37 heavy (non-hydrogen) atoms. The Balaban J connectivity index is 1.79. The number of aryl methyl sites for hydroxylation is 2. The fourth-order valence-corrected chi connectivity index (χ4v) is 3.87. The molecule has 1 amide bonds. The predicted molar refractivity (Wildman–Crippen MR) is 150 cm³/mol. The molecule has 1 unspecified atom stereocenters. The third-order valence-electron chi connectivity index (χ3n) is 5.62. The van der Waals surface area contributed by atoms with E-state index in [4.69, 9.17) is 17.0 Å². The highest BCUT2D eigenvalue weighted by atomic mass is 32.1. The second kappa shape index (κ2) is 12.8. The van der Waals surface area contributed by atoms with Gasteiger partial charge in [0.05, 0.1) is 11.0 Å². The summed E-state index contributed by atoms with van der Waals surface area (Å²) < 4.78 is 5.62. The molecule has 0 spiro atoms. The average molecular weight is 522 g/mol. The fraction of sp³-hybridized carbons (Fsp3) is 0.259. The monoisotopic (exact) mass is 521 g/mol. The van der Waals surface area contributed by atoms with Crippen LogP contribution in [0.15, 0.2) is 66.7 Å². The number of para-hydroxylation sites is 1. The summed E-state index contributed by atoms with van der Waals surface area (Å²) in [4.78, 5) is 26.6. The van der Waals surface area contributed by atoms with Crippen molar-refractivity contribution >= 4 is 40.3 Å². The maximum Gasteiger partial charge on any atom is 0.296 e. The molecule has 0 aliphatic rings. The van der Waals surface area contributed by atoms with E-state index in [-0.39, 0.29) is 22.4 Å². The summed E-state index contributed by atoms with van der Waals surface area (Å²) in [5.74, 6) is 0.0695. The van der Waals surface area contributed by atoms with Crippen LogP contribution in [-0.4, -0.2) is 48.1 Å². The number of nitrogens with zero attached hydrogens (tertiary/aromatic N) is 2. The summed E-state index contributed by atoms with van der Waals surface area (Å²) in [5.41, 5.74) is 3.28. The average Bonchev–Trinajstić information content (AvgIpc) is 2.85. The molecule has 3 aromatic carbocycles. The molecule has 194 valence electrons. The lowest BCUT2D eigenvalue weighted by atomic mass is 10.0. The SMILES string of the molecule is Cc1cccc(C)c1NC(=O)C(NC(=S)Nc1ccc(OCCN(C)C)cc1[N+](=O)[O-])c1ccccc1. The van der Waals surface area contributed by atoms with Crippen molar-refractivity contribution in [3.05, 3.63) is 93.5 Å². The maximum atomic E-state index is 13.4. The van der Waals surface area contributed by atoms with Crippen LogP contribution in [0.5, 0.6) is 5.75 Å². The van der Waals surface area contributed by atoms with Crippen molar-refractivity contribution in [2.45, 2.75) is 19.9 Å². The Morgan fingerprint density at radius 2 is 1.70 bits per heavy atom. The van der Waals surface area contributed by atoms with Gasteiger partial charge in [0.25, 0.3) is 11.6 Å². The number of hydrogen-bond acceptors (Lipinski definition) is 6. The predicted octanol–water partition coefficient (Wildman–Crippen LogP) is 4.82. The summed E-state index contributed by atoms with van der Waals surface area (Å²) in [6.07, 6.45) is 0. The molecule has 0 aromatic heterocycles. The van der Waals surface area contributed by atoms with Crippen LogP contribution < -0.4 is 20.7 Å². The first-order valence-corrected chi connectivity index (χ1v) is 12.1. The minimum Gasteiger partial charge on any atom is -0.492 e. The number of nitro groups is 1. The largest absolute Gasteiger partial charge is 0.492 e. The van der Waals surface area contributed by atoms with E-state index in [9.17, 15) is 14.9 Å². The highest BCUT2D eigenvalue weighted by Gasteiger charge is 2.24. The van der Waals surface area contributed by atoms with Gasteiger partial charge < -0.3 is 25.6 Å². The minimum absolute atomic E-state index is 0.0647. The summed E-state index contributed by atoms with van der Waals surface area (Å²) in [5, 5.41) is 20.7. The highest BCUT2D eigenvalue weighted by Crippen LogP contribution is 2.29. The maximum absolute atomic E-state index is 13.4. The number of thiocarbonyl (C=S) groups is 1. The number of carbonyl (C=O) groups excluding carboxylic acids is 1.